The Bertz CT molecular complexity index is 1960. The third-order valence-corrected chi connectivity index (χ3v) is 10.6. The smallest absolute Gasteiger partial charge is 0.436 e. The van der Waals surface area contributed by atoms with Gasteiger partial charge in [0.05, 0.1) is 29.9 Å². The number of carbonyl (C=O) groups excluding carboxylic acids is 2. The number of unbranched alkanes of at least 4 members (excludes halogenated alkanes) is 1. The highest BCUT2D eigenvalue weighted by Gasteiger charge is 2.48. The van der Waals surface area contributed by atoms with Crippen LogP contribution >= 0.6 is 0 Å². The lowest BCUT2D eigenvalue weighted by Gasteiger charge is -2.53. The lowest BCUT2D eigenvalue weighted by Crippen LogP contribution is -2.66. The van der Waals surface area contributed by atoms with Crippen molar-refractivity contribution in [3.8, 4) is 17.3 Å². The Morgan fingerprint density at radius 1 is 1.11 bits per heavy atom. The molecule has 0 N–H and O–H groups in total. The van der Waals surface area contributed by atoms with Crippen LogP contribution in [0.4, 0.5) is 17.6 Å². The van der Waals surface area contributed by atoms with Crippen LogP contribution < -0.4 is 0 Å². The van der Waals surface area contributed by atoms with Gasteiger partial charge in [0, 0.05) is 68.2 Å². The second kappa shape index (κ2) is 16.0. The molecular weight excluding hydrogens is 694 g/mol. The Kier molecular flexibility index (Phi) is 11.4. The number of likely N-dealkylation sites (tertiary alicyclic amines) is 2. The van der Waals surface area contributed by atoms with E-state index in [-0.39, 0.29) is 38.3 Å². The number of hydrogen-bond donors (Lipinski definition) is 0. The number of fused-ring (bicyclic) bond motifs is 1. The van der Waals surface area contributed by atoms with E-state index in [1.165, 1.54) is 11.2 Å². The zero-order valence-corrected chi connectivity index (χ0v) is 29.9. The van der Waals surface area contributed by atoms with Gasteiger partial charge in [-0.25, -0.2) is 19.3 Å². The lowest BCUT2D eigenvalue weighted by molar-refractivity contribution is -0.147. The first-order chi connectivity index (χ1) is 25.5. The van der Waals surface area contributed by atoms with Gasteiger partial charge < -0.3 is 9.64 Å². The van der Waals surface area contributed by atoms with Gasteiger partial charge in [-0.3, -0.25) is 23.7 Å². The van der Waals surface area contributed by atoms with Crippen molar-refractivity contribution in [1.82, 2.24) is 39.1 Å². The quantitative estimate of drug-likeness (QED) is 0.104. The van der Waals surface area contributed by atoms with Gasteiger partial charge in [-0.05, 0) is 37.3 Å². The second-order valence-corrected chi connectivity index (χ2v) is 14.0. The summed E-state index contributed by atoms with van der Waals surface area (Å²) in [6.07, 6.45) is 9.59. The van der Waals surface area contributed by atoms with E-state index in [1.54, 1.807) is 10.8 Å². The number of hydrogen-bond acceptors (Lipinski definition) is 9. The maximum atomic E-state index is 14.6. The van der Waals surface area contributed by atoms with E-state index < -0.39 is 34.7 Å². The van der Waals surface area contributed by atoms with Gasteiger partial charge in [0.15, 0.2) is 18.2 Å². The molecule has 2 aliphatic rings. The second-order valence-electron chi connectivity index (χ2n) is 14.0. The zero-order valence-electron chi connectivity index (χ0n) is 29.9. The van der Waals surface area contributed by atoms with E-state index in [1.807, 2.05) is 23.1 Å². The average Bonchev–Trinajstić information content (AvgIpc) is 3.80. The van der Waals surface area contributed by atoms with E-state index in [0.717, 1.165) is 55.3 Å². The number of carbonyl (C=O) groups is 2. The third kappa shape index (κ3) is 8.04. The Hall–Kier alpha value is -4.91. The molecule has 4 aromatic rings. The van der Waals surface area contributed by atoms with Crippen molar-refractivity contribution in [2.45, 2.75) is 96.1 Å². The SMILES string of the molecule is CCCCC(CC)CCC(=O)OCn1ccc2c(-c3cnn(C4(CC#N)CN(C5CCN(C(=O)c6ccnc(C(F)(F)F)c6F)CC5)C4)c3)ncnc21. The topological polar surface area (TPSA) is 135 Å². The molecule has 0 saturated carbocycles. The number of ether oxygens (including phenoxy) is 1. The molecule has 6 rings (SSSR count). The van der Waals surface area contributed by atoms with Crippen LogP contribution in [0.15, 0.2) is 43.2 Å². The molecule has 4 aromatic heterocycles. The van der Waals surface area contributed by atoms with E-state index in [9.17, 15) is 32.4 Å². The first-order valence-corrected chi connectivity index (χ1v) is 18.1. The lowest BCUT2D eigenvalue weighted by atomic mass is 9.83. The van der Waals surface area contributed by atoms with Crippen LogP contribution in [0, 0.1) is 23.1 Å². The first kappa shape index (κ1) is 37.8. The molecule has 0 aliphatic carbocycles. The highest BCUT2D eigenvalue weighted by atomic mass is 19.4. The van der Waals surface area contributed by atoms with Crippen LogP contribution in [-0.4, -0.2) is 83.2 Å². The monoisotopic (exact) mass is 737 g/mol. The summed E-state index contributed by atoms with van der Waals surface area (Å²) in [5.74, 6) is -2.18. The normalized spacial score (nSPS) is 17.0. The molecule has 2 fully saturated rings. The summed E-state index contributed by atoms with van der Waals surface area (Å²) in [5.41, 5.74) is -0.932. The first-order valence-electron chi connectivity index (χ1n) is 18.1. The van der Waals surface area contributed by atoms with Crippen molar-refractivity contribution in [3.05, 3.63) is 60.3 Å². The number of nitrogens with zero attached hydrogens (tertiary/aromatic N) is 9. The van der Waals surface area contributed by atoms with Crippen molar-refractivity contribution in [2.24, 2.45) is 5.92 Å². The molecule has 2 saturated heterocycles. The highest BCUT2D eigenvalue weighted by molar-refractivity contribution is 5.94. The van der Waals surface area contributed by atoms with Crippen LogP contribution in [0.25, 0.3) is 22.3 Å². The maximum absolute atomic E-state index is 14.6. The molecule has 1 unspecified atom stereocenters. The molecule has 1 amide bonds. The summed E-state index contributed by atoms with van der Waals surface area (Å²) in [4.78, 5) is 41.2. The summed E-state index contributed by atoms with van der Waals surface area (Å²) >= 11 is 0. The Balaban J connectivity index is 1.07. The van der Waals surface area contributed by atoms with Gasteiger partial charge >= 0.3 is 12.1 Å². The molecule has 0 aromatic carbocycles. The molecule has 282 valence electrons. The fraction of sp³-hybridized carbons (Fsp3) is 0.541. The van der Waals surface area contributed by atoms with Crippen LogP contribution in [0.5, 0.6) is 0 Å². The van der Waals surface area contributed by atoms with E-state index >= 15 is 0 Å². The van der Waals surface area contributed by atoms with Crippen molar-refractivity contribution < 1.29 is 31.9 Å². The molecular formula is C37H43F4N9O3. The summed E-state index contributed by atoms with van der Waals surface area (Å²) in [6.45, 7) is 5.93. The number of esters is 1. The predicted molar refractivity (Wildman–Crippen MR) is 185 cm³/mol. The van der Waals surface area contributed by atoms with Gasteiger partial charge in [-0.2, -0.15) is 23.5 Å². The Labute approximate surface area is 304 Å². The number of pyridine rings is 1. The fourth-order valence-corrected chi connectivity index (χ4v) is 7.49. The highest BCUT2D eigenvalue weighted by Crippen LogP contribution is 2.38. The Morgan fingerprint density at radius 3 is 2.58 bits per heavy atom. The molecule has 0 radical (unpaired) electrons. The number of aromatic nitrogens is 6. The third-order valence-electron chi connectivity index (χ3n) is 10.6. The maximum Gasteiger partial charge on any atom is 0.436 e. The fourth-order valence-electron chi connectivity index (χ4n) is 7.49. The number of rotatable bonds is 14. The summed E-state index contributed by atoms with van der Waals surface area (Å²) in [6, 6.07) is 5.21. The molecule has 16 heteroatoms. The van der Waals surface area contributed by atoms with E-state index in [4.69, 9.17) is 4.74 Å². The minimum absolute atomic E-state index is 0.0393. The van der Waals surface area contributed by atoms with Gasteiger partial charge in [0.1, 0.15) is 17.5 Å². The van der Waals surface area contributed by atoms with Crippen molar-refractivity contribution in [2.75, 3.05) is 26.2 Å². The van der Waals surface area contributed by atoms with Crippen LogP contribution in [-0.2, 0) is 28.0 Å². The van der Waals surface area contributed by atoms with Crippen molar-refractivity contribution in [3.63, 3.8) is 0 Å². The van der Waals surface area contributed by atoms with Crippen molar-refractivity contribution in [1.29, 1.82) is 5.26 Å². The largest absolute Gasteiger partial charge is 0.444 e. The average molecular weight is 738 g/mol. The van der Waals surface area contributed by atoms with Crippen LogP contribution in [0.2, 0.25) is 0 Å². The number of halogens is 4. The number of piperidine rings is 1. The van der Waals surface area contributed by atoms with Gasteiger partial charge in [0.2, 0.25) is 0 Å². The predicted octanol–water partition coefficient (Wildman–Crippen LogP) is 6.57. The molecule has 12 nitrogen and oxygen atoms in total. The minimum atomic E-state index is -5.01. The number of nitriles is 1. The summed E-state index contributed by atoms with van der Waals surface area (Å²) in [5, 5.41) is 15.2. The molecule has 1 atom stereocenters. The summed E-state index contributed by atoms with van der Waals surface area (Å²) in [7, 11) is 0. The standard InChI is InChI=1S/C37H43F4N9O3/c1-3-5-6-25(4-2)7-8-30(51)53-24-48-18-12-29-32(44-23-45-34(29)48)26-19-46-50(20-26)36(13-14-42)21-49(22-36)27-10-16-47(17-11-27)35(52)28-9-15-43-33(31(28)38)37(39,40)41/h9,12,15,18-20,23,25,27H,3-8,10-11,13,16-17,21-22,24H2,1-2H3. The molecule has 2 aliphatic heterocycles. The summed E-state index contributed by atoms with van der Waals surface area (Å²) < 4.78 is 63.2. The van der Waals surface area contributed by atoms with Crippen molar-refractivity contribution >= 4 is 22.9 Å². The molecule has 6 heterocycles. The van der Waals surface area contributed by atoms with E-state index in [2.05, 4.69) is 44.9 Å². The van der Waals surface area contributed by atoms with Gasteiger partial charge in [0.25, 0.3) is 5.91 Å². The Morgan fingerprint density at radius 2 is 1.89 bits per heavy atom. The van der Waals surface area contributed by atoms with Crippen LogP contribution in [0.1, 0.15) is 87.7 Å². The number of amides is 1. The zero-order chi connectivity index (χ0) is 37.8. The van der Waals surface area contributed by atoms with Crippen LogP contribution in [0.3, 0.4) is 0 Å². The number of alkyl halides is 3. The minimum Gasteiger partial charge on any atom is -0.444 e. The van der Waals surface area contributed by atoms with E-state index in [0.29, 0.717) is 49.6 Å². The molecule has 0 bridgehead atoms. The molecule has 53 heavy (non-hydrogen) atoms. The van der Waals surface area contributed by atoms with Gasteiger partial charge in [-0.15, -0.1) is 0 Å². The molecule has 0 spiro atoms. The van der Waals surface area contributed by atoms with Gasteiger partial charge in [-0.1, -0.05) is 39.5 Å².